The van der Waals surface area contributed by atoms with Gasteiger partial charge in [-0.05, 0) is 42.9 Å². The first-order chi connectivity index (χ1) is 7.92. The van der Waals surface area contributed by atoms with Gasteiger partial charge in [0.25, 0.3) is 0 Å². The Morgan fingerprint density at radius 1 is 1.00 bits per heavy atom. The molecule has 0 heterocycles. The fourth-order valence-corrected chi connectivity index (χ4v) is 5.31. The van der Waals surface area contributed by atoms with Gasteiger partial charge in [-0.2, -0.15) is 0 Å². The van der Waals surface area contributed by atoms with E-state index >= 15 is 0 Å². The minimum atomic E-state index is -1.14. The summed E-state index contributed by atoms with van der Waals surface area (Å²) in [6.07, 6.45) is 3.63. The van der Waals surface area contributed by atoms with Gasteiger partial charge in [0.1, 0.15) is 5.60 Å². The van der Waals surface area contributed by atoms with Crippen molar-refractivity contribution in [3.05, 3.63) is 0 Å². The second-order valence-electron chi connectivity index (χ2n) is 8.62. The van der Waals surface area contributed by atoms with E-state index in [0.717, 1.165) is 12.8 Å². The van der Waals surface area contributed by atoms with Gasteiger partial charge in [0.05, 0.1) is 0 Å². The van der Waals surface area contributed by atoms with Gasteiger partial charge < -0.3 is 5.11 Å². The summed E-state index contributed by atoms with van der Waals surface area (Å²) in [7, 11) is 0. The summed E-state index contributed by atoms with van der Waals surface area (Å²) in [6, 6.07) is 0. The summed E-state index contributed by atoms with van der Waals surface area (Å²) < 4.78 is 0. The highest BCUT2D eigenvalue weighted by Crippen LogP contribution is 2.64. The zero-order valence-corrected chi connectivity index (χ0v) is 12.8. The van der Waals surface area contributed by atoms with Crippen molar-refractivity contribution in [2.24, 2.45) is 22.2 Å². The van der Waals surface area contributed by atoms with Crippen molar-refractivity contribution in [3.63, 3.8) is 0 Å². The molecule has 2 saturated carbocycles. The molecular weight excluding hydrogens is 224 g/mol. The van der Waals surface area contributed by atoms with Gasteiger partial charge in [-0.25, -0.2) is 0 Å². The largest absolute Gasteiger partial charge is 0.382 e. The topological polar surface area (TPSA) is 37.3 Å². The molecule has 0 amide bonds. The van der Waals surface area contributed by atoms with Gasteiger partial charge in [-0.3, -0.25) is 4.79 Å². The van der Waals surface area contributed by atoms with Gasteiger partial charge in [0, 0.05) is 11.8 Å². The van der Waals surface area contributed by atoms with E-state index in [0.29, 0.717) is 12.3 Å². The summed E-state index contributed by atoms with van der Waals surface area (Å²) in [6.45, 7) is 13.0. The van der Waals surface area contributed by atoms with Crippen LogP contribution in [-0.4, -0.2) is 16.5 Å². The SMILES string of the molecule is C[C@H]1CC(=O)[C@@](C)(O)C12CC(C)(C)CC(C)(C)C2. The van der Waals surface area contributed by atoms with Crippen LogP contribution in [-0.2, 0) is 4.79 Å². The van der Waals surface area contributed by atoms with E-state index in [4.69, 9.17) is 0 Å². The molecule has 0 aromatic heterocycles. The lowest BCUT2D eigenvalue weighted by atomic mass is 9.49. The highest BCUT2D eigenvalue weighted by molar-refractivity contribution is 5.90. The van der Waals surface area contributed by atoms with Crippen LogP contribution >= 0.6 is 0 Å². The molecular formula is C16H28O2. The first kappa shape index (κ1) is 14.0. The fourth-order valence-electron chi connectivity index (χ4n) is 5.31. The quantitative estimate of drug-likeness (QED) is 0.715. The Bertz CT molecular complexity index is 361. The van der Waals surface area contributed by atoms with Crippen molar-refractivity contribution in [3.8, 4) is 0 Å². The van der Waals surface area contributed by atoms with Crippen LogP contribution in [0.25, 0.3) is 0 Å². The number of ketones is 1. The van der Waals surface area contributed by atoms with E-state index in [9.17, 15) is 9.90 Å². The molecule has 2 fully saturated rings. The van der Waals surface area contributed by atoms with Crippen LogP contribution in [0.15, 0.2) is 0 Å². The third-order valence-corrected chi connectivity index (χ3v) is 5.49. The summed E-state index contributed by atoms with van der Waals surface area (Å²) in [5, 5.41) is 10.8. The predicted molar refractivity (Wildman–Crippen MR) is 73.3 cm³/mol. The van der Waals surface area contributed by atoms with Gasteiger partial charge in [-0.15, -0.1) is 0 Å². The Labute approximate surface area is 111 Å². The second-order valence-corrected chi connectivity index (χ2v) is 8.62. The zero-order chi connectivity index (χ0) is 14.0. The number of carbonyl (C=O) groups is 1. The molecule has 18 heavy (non-hydrogen) atoms. The molecule has 0 saturated heterocycles. The van der Waals surface area contributed by atoms with E-state index in [2.05, 4.69) is 34.6 Å². The first-order valence-electron chi connectivity index (χ1n) is 7.18. The third-order valence-electron chi connectivity index (χ3n) is 5.49. The molecule has 1 N–H and O–H groups in total. The van der Waals surface area contributed by atoms with Crippen LogP contribution < -0.4 is 0 Å². The van der Waals surface area contributed by atoms with Gasteiger partial charge in [-0.1, -0.05) is 34.6 Å². The van der Waals surface area contributed by atoms with Crippen LogP contribution in [0, 0.1) is 22.2 Å². The fraction of sp³-hybridized carbons (Fsp3) is 0.938. The maximum Gasteiger partial charge on any atom is 0.164 e. The van der Waals surface area contributed by atoms with E-state index in [-0.39, 0.29) is 22.0 Å². The number of carbonyl (C=O) groups excluding carboxylic acids is 1. The Balaban J connectivity index is 2.50. The molecule has 0 aromatic rings. The lowest BCUT2D eigenvalue weighted by Gasteiger charge is -2.56. The average molecular weight is 252 g/mol. The monoisotopic (exact) mass is 252 g/mol. The molecule has 0 bridgehead atoms. The van der Waals surface area contributed by atoms with Gasteiger partial charge in [0.15, 0.2) is 5.78 Å². The standard InChI is InChI=1S/C16H28O2/c1-11-7-12(17)15(6,18)16(11)9-13(2,3)8-14(4,5)10-16/h11,18H,7-10H2,1-6H3/t11-,15+/m0/s1. The molecule has 0 aliphatic heterocycles. The smallest absolute Gasteiger partial charge is 0.164 e. The molecule has 2 aliphatic carbocycles. The zero-order valence-electron chi connectivity index (χ0n) is 12.8. The molecule has 0 aromatic carbocycles. The summed E-state index contributed by atoms with van der Waals surface area (Å²) in [5.74, 6) is 0.336. The number of hydrogen-bond donors (Lipinski definition) is 1. The lowest BCUT2D eigenvalue weighted by Crippen LogP contribution is -2.55. The van der Waals surface area contributed by atoms with Crippen molar-refractivity contribution in [1.82, 2.24) is 0 Å². The molecule has 2 rings (SSSR count). The van der Waals surface area contributed by atoms with E-state index in [1.54, 1.807) is 6.92 Å². The van der Waals surface area contributed by atoms with Crippen LogP contribution in [0.5, 0.6) is 0 Å². The highest BCUT2D eigenvalue weighted by Gasteiger charge is 2.64. The van der Waals surface area contributed by atoms with E-state index in [1.807, 2.05) is 0 Å². The van der Waals surface area contributed by atoms with E-state index < -0.39 is 5.60 Å². The lowest BCUT2D eigenvalue weighted by molar-refractivity contribution is -0.159. The first-order valence-corrected chi connectivity index (χ1v) is 7.18. The maximum atomic E-state index is 12.2. The minimum Gasteiger partial charge on any atom is -0.382 e. The molecule has 2 atom stereocenters. The molecule has 2 heteroatoms. The minimum absolute atomic E-state index is 0.0449. The summed E-state index contributed by atoms with van der Waals surface area (Å²) in [4.78, 5) is 12.2. The number of aliphatic hydroxyl groups is 1. The Kier molecular flexibility index (Phi) is 2.80. The van der Waals surface area contributed by atoms with Crippen molar-refractivity contribution in [1.29, 1.82) is 0 Å². The van der Waals surface area contributed by atoms with E-state index in [1.165, 1.54) is 6.42 Å². The summed E-state index contributed by atoms with van der Waals surface area (Å²) >= 11 is 0. The second kappa shape index (κ2) is 3.59. The third kappa shape index (κ3) is 1.84. The Hall–Kier alpha value is -0.370. The molecule has 0 radical (unpaired) electrons. The Morgan fingerprint density at radius 2 is 1.44 bits per heavy atom. The maximum absolute atomic E-state index is 12.2. The molecule has 104 valence electrons. The van der Waals surface area contributed by atoms with Crippen LogP contribution in [0.4, 0.5) is 0 Å². The summed E-state index contributed by atoms with van der Waals surface area (Å²) in [5.41, 5.74) is -0.966. The van der Waals surface area contributed by atoms with Crippen molar-refractivity contribution in [2.75, 3.05) is 0 Å². The van der Waals surface area contributed by atoms with Crippen LogP contribution in [0.3, 0.4) is 0 Å². The molecule has 2 nitrogen and oxygen atoms in total. The van der Waals surface area contributed by atoms with Crippen LogP contribution in [0.2, 0.25) is 0 Å². The number of hydrogen-bond acceptors (Lipinski definition) is 2. The van der Waals surface area contributed by atoms with Crippen LogP contribution in [0.1, 0.15) is 67.2 Å². The predicted octanol–water partition coefficient (Wildman–Crippen LogP) is 3.57. The normalized spacial score (nSPS) is 41.3. The number of rotatable bonds is 0. The van der Waals surface area contributed by atoms with Gasteiger partial charge >= 0.3 is 0 Å². The molecule has 2 aliphatic rings. The molecule has 0 unspecified atom stereocenters. The number of Topliss-reactive ketones (excluding diaryl/α,β-unsaturated/α-hetero) is 1. The average Bonchev–Trinajstić information content (AvgIpc) is 2.23. The molecule has 1 spiro atoms. The van der Waals surface area contributed by atoms with Crippen molar-refractivity contribution < 1.29 is 9.90 Å². The van der Waals surface area contributed by atoms with Crippen molar-refractivity contribution >= 4 is 5.78 Å². The highest BCUT2D eigenvalue weighted by atomic mass is 16.3. The van der Waals surface area contributed by atoms with Crippen molar-refractivity contribution in [2.45, 2.75) is 72.8 Å². The van der Waals surface area contributed by atoms with Gasteiger partial charge in [0.2, 0.25) is 0 Å². The Morgan fingerprint density at radius 3 is 1.78 bits per heavy atom.